The number of hydrogen-bond acceptors (Lipinski definition) is 3. The largest absolute Gasteiger partial charge is 0.433 e. The van der Waals surface area contributed by atoms with E-state index in [1.54, 1.807) is 4.90 Å². The molecule has 1 rings (SSSR count). The quantitative estimate of drug-likeness (QED) is 0.821. The zero-order valence-corrected chi connectivity index (χ0v) is 11.0. The summed E-state index contributed by atoms with van der Waals surface area (Å²) in [4.78, 5) is 5.36. The molecule has 0 unspecified atom stereocenters. The van der Waals surface area contributed by atoms with Crippen molar-refractivity contribution in [3.8, 4) is 6.07 Å². The Bertz CT molecular complexity index is 457. The summed E-state index contributed by atoms with van der Waals surface area (Å²) >= 11 is 0. The molecule has 0 spiro atoms. The number of rotatable bonds is 5. The minimum Gasteiger partial charge on any atom is -0.356 e. The number of nitrogens with zero attached hydrogens (tertiary/aromatic N) is 3. The van der Waals surface area contributed by atoms with Crippen molar-refractivity contribution >= 4 is 5.82 Å². The summed E-state index contributed by atoms with van der Waals surface area (Å²) in [6, 6.07) is 3.93. The summed E-state index contributed by atoms with van der Waals surface area (Å²) in [6.45, 7) is 5.03. The number of alkyl halides is 3. The van der Waals surface area contributed by atoms with E-state index in [-0.39, 0.29) is 11.4 Å². The fourth-order valence-corrected chi connectivity index (χ4v) is 1.80. The molecule has 104 valence electrons. The van der Waals surface area contributed by atoms with Crippen LogP contribution in [0.1, 0.15) is 37.9 Å². The monoisotopic (exact) mass is 271 g/mol. The molecule has 0 aromatic carbocycles. The third-order valence-corrected chi connectivity index (χ3v) is 2.57. The molecule has 0 aliphatic heterocycles. The van der Waals surface area contributed by atoms with Crippen LogP contribution in [0.25, 0.3) is 0 Å². The van der Waals surface area contributed by atoms with Crippen LogP contribution in [-0.2, 0) is 6.18 Å². The zero-order valence-electron chi connectivity index (χ0n) is 11.0. The van der Waals surface area contributed by atoms with Gasteiger partial charge in [-0.3, -0.25) is 0 Å². The fourth-order valence-electron chi connectivity index (χ4n) is 1.80. The molecule has 1 aromatic heterocycles. The molecule has 0 aliphatic rings. The Labute approximate surface area is 110 Å². The van der Waals surface area contributed by atoms with E-state index in [1.807, 2.05) is 19.9 Å². The van der Waals surface area contributed by atoms with E-state index in [4.69, 9.17) is 5.26 Å². The molecule has 6 heteroatoms. The van der Waals surface area contributed by atoms with Crippen molar-refractivity contribution in [3.63, 3.8) is 0 Å². The van der Waals surface area contributed by atoms with Gasteiger partial charge in [0.2, 0.25) is 0 Å². The van der Waals surface area contributed by atoms with Crippen LogP contribution in [0.5, 0.6) is 0 Å². The maximum Gasteiger partial charge on any atom is 0.433 e. The number of aromatic nitrogens is 1. The summed E-state index contributed by atoms with van der Waals surface area (Å²) in [7, 11) is 0. The highest BCUT2D eigenvalue weighted by Gasteiger charge is 2.33. The smallest absolute Gasteiger partial charge is 0.356 e. The number of pyridine rings is 1. The van der Waals surface area contributed by atoms with Crippen molar-refractivity contribution in [2.75, 3.05) is 18.0 Å². The summed E-state index contributed by atoms with van der Waals surface area (Å²) in [6.07, 6.45) is -2.93. The van der Waals surface area contributed by atoms with Crippen molar-refractivity contribution in [3.05, 3.63) is 23.4 Å². The van der Waals surface area contributed by atoms with E-state index in [2.05, 4.69) is 4.98 Å². The van der Waals surface area contributed by atoms with Crippen LogP contribution in [-0.4, -0.2) is 18.1 Å². The SMILES string of the molecule is CCCN(CCC)c1nc(C(F)(F)F)ccc1C#N. The highest BCUT2D eigenvalue weighted by Crippen LogP contribution is 2.30. The molecule has 0 bridgehead atoms. The normalized spacial score (nSPS) is 11.2. The summed E-state index contributed by atoms with van der Waals surface area (Å²) < 4.78 is 38.0. The van der Waals surface area contributed by atoms with Crippen LogP contribution in [0, 0.1) is 11.3 Å². The molecule has 0 saturated heterocycles. The van der Waals surface area contributed by atoms with Gasteiger partial charge in [-0.1, -0.05) is 13.8 Å². The summed E-state index contributed by atoms with van der Waals surface area (Å²) in [5.41, 5.74) is -0.784. The van der Waals surface area contributed by atoms with Gasteiger partial charge in [-0.05, 0) is 25.0 Å². The van der Waals surface area contributed by atoms with Gasteiger partial charge in [0, 0.05) is 13.1 Å². The van der Waals surface area contributed by atoms with E-state index in [1.165, 1.54) is 6.07 Å². The second-order valence-corrected chi connectivity index (χ2v) is 4.16. The number of anilines is 1. The van der Waals surface area contributed by atoms with Crippen molar-refractivity contribution in [2.24, 2.45) is 0 Å². The Kier molecular flexibility index (Phi) is 5.16. The number of nitriles is 1. The molecular formula is C13H16F3N3. The Balaban J connectivity index is 3.24. The molecule has 0 aliphatic carbocycles. The molecule has 0 atom stereocenters. The van der Waals surface area contributed by atoms with Gasteiger partial charge in [0.05, 0.1) is 5.56 Å². The van der Waals surface area contributed by atoms with Crippen LogP contribution in [0.2, 0.25) is 0 Å². The first-order chi connectivity index (χ1) is 8.93. The third-order valence-electron chi connectivity index (χ3n) is 2.57. The predicted molar refractivity (Wildman–Crippen MR) is 66.7 cm³/mol. The number of halogens is 3. The molecule has 0 saturated carbocycles. The second-order valence-electron chi connectivity index (χ2n) is 4.16. The Hall–Kier alpha value is -1.77. The van der Waals surface area contributed by atoms with Crippen LogP contribution >= 0.6 is 0 Å². The maximum atomic E-state index is 12.7. The molecule has 0 fully saturated rings. The van der Waals surface area contributed by atoms with E-state index in [9.17, 15) is 13.2 Å². The Morgan fingerprint density at radius 2 is 1.79 bits per heavy atom. The molecular weight excluding hydrogens is 255 g/mol. The lowest BCUT2D eigenvalue weighted by Crippen LogP contribution is -2.27. The first kappa shape index (κ1) is 15.3. The average molecular weight is 271 g/mol. The van der Waals surface area contributed by atoms with Gasteiger partial charge in [0.15, 0.2) is 0 Å². The zero-order chi connectivity index (χ0) is 14.5. The Morgan fingerprint density at radius 1 is 1.21 bits per heavy atom. The minimum absolute atomic E-state index is 0.126. The number of hydrogen-bond donors (Lipinski definition) is 0. The summed E-state index contributed by atoms with van der Waals surface area (Å²) in [5.74, 6) is 0.126. The standard InChI is InChI=1S/C13H16F3N3/c1-3-7-19(8-4-2)12-10(9-17)5-6-11(18-12)13(14,15)16/h5-6H,3-4,7-8H2,1-2H3. The topological polar surface area (TPSA) is 39.9 Å². The maximum absolute atomic E-state index is 12.7. The lowest BCUT2D eigenvalue weighted by molar-refractivity contribution is -0.141. The molecule has 0 amide bonds. The van der Waals surface area contributed by atoms with Gasteiger partial charge in [0.1, 0.15) is 17.6 Å². The van der Waals surface area contributed by atoms with Crippen LogP contribution in [0.4, 0.5) is 19.0 Å². The van der Waals surface area contributed by atoms with Crippen LogP contribution < -0.4 is 4.90 Å². The second kappa shape index (κ2) is 6.41. The van der Waals surface area contributed by atoms with Crippen molar-refractivity contribution in [1.29, 1.82) is 5.26 Å². The Morgan fingerprint density at radius 3 is 2.21 bits per heavy atom. The van der Waals surface area contributed by atoms with Crippen molar-refractivity contribution in [1.82, 2.24) is 4.98 Å². The van der Waals surface area contributed by atoms with Crippen LogP contribution in [0.15, 0.2) is 12.1 Å². The molecule has 1 heterocycles. The van der Waals surface area contributed by atoms with E-state index >= 15 is 0 Å². The summed E-state index contributed by atoms with van der Waals surface area (Å²) in [5, 5.41) is 9.00. The minimum atomic E-state index is -4.49. The van der Waals surface area contributed by atoms with E-state index in [0.717, 1.165) is 18.9 Å². The van der Waals surface area contributed by atoms with E-state index in [0.29, 0.717) is 13.1 Å². The first-order valence-electron chi connectivity index (χ1n) is 6.17. The molecule has 0 N–H and O–H groups in total. The van der Waals surface area contributed by atoms with Crippen LogP contribution in [0.3, 0.4) is 0 Å². The highest BCUT2D eigenvalue weighted by molar-refractivity contribution is 5.54. The van der Waals surface area contributed by atoms with Crippen molar-refractivity contribution < 1.29 is 13.2 Å². The predicted octanol–water partition coefficient (Wildman–Crippen LogP) is 3.60. The van der Waals surface area contributed by atoms with Gasteiger partial charge in [-0.15, -0.1) is 0 Å². The molecule has 19 heavy (non-hydrogen) atoms. The highest BCUT2D eigenvalue weighted by atomic mass is 19.4. The first-order valence-corrected chi connectivity index (χ1v) is 6.17. The van der Waals surface area contributed by atoms with E-state index < -0.39 is 11.9 Å². The molecule has 1 aromatic rings. The third kappa shape index (κ3) is 3.85. The van der Waals surface area contributed by atoms with Gasteiger partial charge >= 0.3 is 6.18 Å². The van der Waals surface area contributed by atoms with Gasteiger partial charge in [-0.2, -0.15) is 18.4 Å². The van der Waals surface area contributed by atoms with Gasteiger partial charge < -0.3 is 4.90 Å². The average Bonchev–Trinajstić information content (AvgIpc) is 2.36. The molecule has 3 nitrogen and oxygen atoms in total. The lowest BCUT2D eigenvalue weighted by atomic mass is 10.2. The van der Waals surface area contributed by atoms with Gasteiger partial charge in [0.25, 0.3) is 0 Å². The lowest BCUT2D eigenvalue weighted by Gasteiger charge is -2.24. The van der Waals surface area contributed by atoms with Gasteiger partial charge in [-0.25, -0.2) is 4.98 Å². The molecule has 0 radical (unpaired) electrons. The fraction of sp³-hybridized carbons (Fsp3) is 0.538. The van der Waals surface area contributed by atoms with Crippen molar-refractivity contribution in [2.45, 2.75) is 32.9 Å².